The molecule has 0 fully saturated rings. The van der Waals surface area contributed by atoms with Gasteiger partial charge in [-0.25, -0.2) is 9.78 Å². The molecule has 2 heterocycles. The number of anilines is 2. The average molecular weight is 642 g/mol. The molecule has 238 valence electrons. The van der Waals surface area contributed by atoms with Gasteiger partial charge in [0.05, 0.1) is 13.2 Å². The Kier molecular flexibility index (Phi) is 12.5. The number of carbonyl (C=O) groups is 2. The molecule has 2 aromatic heterocycles. The number of benzene rings is 2. The first-order valence-electron chi connectivity index (χ1n) is 14.3. The van der Waals surface area contributed by atoms with Crippen molar-refractivity contribution in [3.05, 3.63) is 94.5 Å². The number of rotatable bonds is 15. The highest BCUT2D eigenvalue weighted by molar-refractivity contribution is 7.16. The number of nitrogens with two attached hydrogens (primary N) is 1. The zero-order chi connectivity index (χ0) is 32.7. The molecular weight excluding hydrogens is 606 g/mol. The number of alkyl carbamates (subject to hydrolysis) is 1. The summed E-state index contributed by atoms with van der Waals surface area (Å²) in [6, 6.07) is 23.2. The fourth-order valence-electron chi connectivity index (χ4n) is 4.07. The quantitative estimate of drug-likeness (QED) is 0.0963. The average Bonchev–Trinajstić information content (AvgIpc) is 3.54. The number of hydrogen-bond donors (Lipinski definition) is 3. The monoisotopic (exact) mass is 641 g/mol. The fourth-order valence-corrected chi connectivity index (χ4v) is 5.03. The molecule has 0 saturated heterocycles. The smallest absolute Gasteiger partial charge is 0.407 e. The fraction of sp³-hybridized carbons (Fsp3) is 0.242. The maximum atomic E-state index is 12.2. The second-order valence-electron chi connectivity index (χ2n) is 9.95. The third-order valence-corrected chi connectivity index (χ3v) is 7.69. The number of nitrogens with zero attached hydrogens (tertiary/aromatic N) is 4. The molecule has 4 rings (SSSR count). The van der Waals surface area contributed by atoms with Crippen molar-refractivity contribution in [2.24, 2.45) is 0 Å². The number of nitrogens with one attached hydrogen (secondary N) is 2. The van der Waals surface area contributed by atoms with Gasteiger partial charge in [-0.05, 0) is 53.1 Å². The molecular formula is C33H35N7O5S. The molecule has 4 aromatic rings. The van der Waals surface area contributed by atoms with Crippen molar-refractivity contribution in [3.8, 4) is 22.5 Å². The molecule has 4 N–H and O–H groups in total. The Morgan fingerprint density at radius 2 is 1.78 bits per heavy atom. The number of nitriles is 1. The number of nitrogen functional groups attached to an aromatic ring is 1. The molecule has 0 aliphatic carbocycles. The van der Waals surface area contributed by atoms with Gasteiger partial charge in [-0.1, -0.05) is 36.4 Å². The lowest BCUT2D eigenvalue weighted by Crippen LogP contribution is -2.28. The molecule has 0 unspecified atom stereocenters. The van der Waals surface area contributed by atoms with Crippen LogP contribution in [0.2, 0.25) is 0 Å². The van der Waals surface area contributed by atoms with Crippen LogP contribution >= 0.6 is 11.3 Å². The van der Waals surface area contributed by atoms with E-state index in [0.717, 1.165) is 32.1 Å². The normalized spacial score (nSPS) is 10.9. The largest absolute Gasteiger partial charge is 0.459 e. The Bertz CT molecular complexity index is 1670. The first kappa shape index (κ1) is 33.4. The van der Waals surface area contributed by atoms with E-state index in [9.17, 15) is 14.9 Å². The lowest BCUT2D eigenvalue weighted by molar-refractivity contribution is -0.117. The molecule has 13 heteroatoms. The maximum absolute atomic E-state index is 12.2. The minimum absolute atomic E-state index is 0.0415. The maximum Gasteiger partial charge on any atom is 0.407 e. The van der Waals surface area contributed by atoms with Crippen molar-refractivity contribution in [1.82, 2.24) is 20.6 Å². The van der Waals surface area contributed by atoms with Crippen molar-refractivity contribution in [1.29, 1.82) is 5.26 Å². The number of methoxy groups -OCH3 is 1. The highest BCUT2D eigenvalue weighted by Gasteiger charge is 2.11. The van der Waals surface area contributed by atoms with E-state index in [-0.39, 0.29) is 18.2 Å². The van der Waals surface area contributed by atoms with Crippen molar-refractivity contribution in [2.45, 2.75) is 13.2 Å². The second-order valence-corrected chi connectivity index (χ2v) is 11.1. The zero-order valence-electron chi connectivity index (χ0n) is 25.6. The summed E-state index contributed by atoms with van der Waals surface area (Å²) >= 11 is 1.49. The molecule has 2 amide bonds. The summed E-state index contributed by atoms with van der Waals surface area (Å²) < 4.78 is 15.8. The highest BCUT2D eigenvalue weighted by atomic mass is 32.1. The number of aromatic nitrogens is 2. The van der Waals surface area contributed by atoms with Crippen molar-refractivity contribution in [3.63, 3.8) is 0 Å². The van der Waals surface area contributed by atoms with Crippen LogP contribution in [0.1, 0.15) is 16.0 Å². The summed E-state index contributed by atoms with van der Waals surface area (Å²) in [5.41, 5.74) is 9.50. The Morgan fingerprint density at radius 3 is 2.50 bits per heavy atom. The minimum atomic E-state index is -0.496. The first-order chi connectivity index (χ1) is 22.3. The predicted octanol–water partition coefficient (Wildman–Crippen LogP) is 4.40. The van der Waals surface area contributed by atoms with Crippen LogP contribution in [0.4, 0.5) is 16.3 Å². The van der Waals surface area contributed by atoms with Crippen LogP contribution in [0.15, 0.2) is 78.5 Å². The Labute approximate surface area is 271 Å². The van der Waals surface area contributed by atoms with Gasteiger partial charge >= 0.3 is 12.1 Å². The molecule has 2 aromatic carbocycles. The van der Waals surface area contributed by atoms with Crippen LogP contribution in [0.3, 0.4) is 0 Å². The Hall–Kier alpha value is -5.45. The molecule has 0 bridgehead atoms. The Balaban J connectivity index is 1.18. The summed E-state index contributed by atoms with van der Waals surface area (Å²) in [5.74, 6) is -0.0858. The molecule has 0 atom stereocenters. The van der Waals surface area contributed by atoms with E-state index in [2.05, 4.69) is 20.6 Å². The van der Waals surface area contributed by atoms with Crippen LogP contribution in [0.5, 0.6) is 6.01 Å². The van der Waals surface area contributed by atoms with Gasteiger partial charge in [-0.3, -0.25) is 4.79 Å². The van der Waals surface area contributed by atoms with Crippen LogP contribution < -0.4 is 26.0 Å². The number of hydrogen-bond acceptors (Lipinski definition) is 11. The third-order valence-electron chi connectivity index (χ3n) is 6.61. The summed E-state index contributed by atoms with van der Waals surface area (Å²) in [6.45, 7) is 2.06. The van der Waals surface area contributed by atoms with Crippen LogP contribution in [0.25, 0.3) is 16.5 Å². The predicted molar refractivity (Wildman–Crippen MR) is 177 cm³/mol. The van der Waals surface area contributed by atoms with Gasteiger partial charge in [-0.2, -0.15) is 10.2 Å². The van der Waals surface area contributed by atoms with Crippen molar-refractivity contribution < 1.29 is 23.8 Å². The zero-order valence-corrected chi connectivity index (χ0v) is 26.4. The topological polar surface area (TPSA) is 165 Å². The van der Waals surface area contributed by atoms with E-state index in [4.69, 9.17) is 19.9 Å². The lowest BCUT2D eigenvalue weighted by atomic mass is 10.1. The lowest BCUT2D eigenvalue weighted by Gasteiger charge is -2.19. The van der Waals surface area contributed by atoms with E-state index in [1.54, 1.807) is 19.3 Å². The second kappa shape index (κ2) is 17.1. The molecule has 12 nitrogen and oxygen atoms in total. The van der Waals surface area contributed by atoms with Gasteiger partial charge in [0.25, 0.3) is 5.91 Å². The molecule has 0 spiro atoms. The van der Waals surface area contributed by atoms with Crippen LogP contribution in [-0.2, 0) is 27.4 Å². The molecule has 0 radical (unpaired) electrons. The molecule has 0 aliphatic rings. The summed E-state index contributed by atoms with van der Waals surface area (Å²) in [6.07, 6.45) is 2.63. The minimum Gasteiger partial charge on any atom is -0.459 e. The van der Waals surface area contributed by atoms with Gasteiger partial charge in [0.15, 0.2) is 0 Å². The van der Waals surface area contributed by atoms with E-state index in [1.807, 2.05) is 78.7 Å². The van der Waals surface area contributed by atoms with E-state index in [0.29, 0.717) is 38.7 Å². The number of thiophene rings is 1. The van der Waals surface area contributed by atoms with Crippen LogP contribution in [0, 0.1) is 11.3 Å². The van der Waals surface area contributed by atoms with Gasteiger partial charge in [0.2, 0.25) is 0 Å². The third kappa shape index (κ3) is 10.3. The SMILES string of the molecule is COCCNC(=O)/C(C#N)=C/c1ccc(-c2ccc(N(C)CCOC(=O)NCc3ccc(COc4nccc(N)n4)cc3)cc2)s1. The number of carbonyl (C=O) groups excluding carboxylic acids is 2. The highest BCUT2D eigenvalue weighted by Crippen LogP contribution is 2.30. The number of amides is 2. The van der Waals surface area contributed by atoms with E-state index >= 15 is 0 Å². The summed E-state index contributed by atoms with van der Waals surface area (Å²) in [5, 5.41) is 14.8. The van der Waals surface area contributed by atoms with E-state index < -0.39 is 12.0 Å². The van der Waals surface area contributed by atoms with Gasteiger partial charge in [0, 0.05) is 48.9 Å². The van der Waals surface area contributed by atoms with Gasteiger partial charge in [0.1, 0.15) is 30.7 Å². The van der Waals surface area contributed by atoms with Gasteiger partial charge in [-0.15, -0.1) is 11.3 Å². The van der Waals surface area contributed by atoms with Crippen molar-refractivity contribution in [2.75, 3.05) is 51.1 Å². The van der Waals surface area contributed by atoms with Crippen molar-refractivity contribution >= 4 is 40.9 Å². The first-order valence-corrected chi connectivity index (χ1v) is 15.2. The molecule has 46 heavy (non-hydrogen) atoms. The Morgan fingerprint density at radius 1 is 1.02 bits per heavy atom. The van der Waals surface area contributed by atoms with Crippen LogP contribution in [-0.4, -0.2) is 62.4 Å². The van der Waals surface area contributed by atoms with Gasteiger partial charge < -0.3 is 35.5 Å². The summed E-state index contributed by atoms with van der Waals surface area (Å²) in [7, 11) is 3.47. The summed E-state index contributed by atoms with van der Waals surface area (Å²) in [4.78, 5) is 36.3. The molecule has 0 aliphatic heterocycles. The standard InChI is InChI=1S/C33H35N7O5S/c1-40(16-18-44-33(42)38-21-23-3-5-24(6-4-23)22-45-32-37-14-13-30(35)39-32)27-9-7-25(8-10-27)29-12-11-28(46-29)19-26(20-34)31(41)36-15-17-43-2/h3-14,19H,15-18,21-22H2,1-2H3,(H,36,41)(H,38,42)(H2,35,37,39)/b26-19+. The number of likely N-dealkylation sites (N-methyl/N-ethyl adjacent to an activating group) is 1. The number of ether oxygens (including phenoxy) is 3. The van der Waals surface area contributed by atoms with E-state index in [1.165, 1.54) is 17.5 Å². The molecule has 0 saturated carbocycles.